The third-order valence-electron chi connectivity index (χ3n) is 7.16. The van der Waals surface area contributed by atoms with E-state index in [2.05, 4.69) is 11.0 Å². The molecule has 1 fully saturated rings. The van der Waals surface area contributed by atoms with E-state index in [1.54, 1.807) is 40.5 Å². The highest BCUT2D eigenvalue weighted by molar-refractivity contribution is 7.10. The van der Waals surface area contributed by atoms with Crippen molar-refractivity contribution >= 4 is 23.2 Å². The zero-order valence-electron chi connectivity index (χ0n) is 20.9. The van der Waals surface area contributed by atoms with Crippen molar-refractivity contribution in [1.29, 1.82) is 0 Å². The number of fused-ring (bicyclic) bond motifs is 1. The molecule has 3 aromatic rings. The molecule has 0 saturated carbocycles. The van der Waals surface area contributed by atoms with Crippen LogP contribution in [0.3, 0.4) is 0 Å². The minimum Gasteiger partial charge on any atom is -0.491 e. The number of amides is 2. The molecule has 0 bridgehead atoms. The first-order valence-corrected chi connectivity index (χ1v) is 13.8. The predicted molar refractivity (Wildman–Crippen MR) is 142 cm³/mol. The Kier molecular flexibility index (Phi) is 8.16. The van der Waals surface area contributed by atoms with E-state index in [1.165, 1.54) is 29.9 Å². The Bertz CT molecular complexity index is 1190. The van der Waals surface area contributed by atoms with Crippen molar-refractivity contribution in [3.63, 3.8) is 0 Å². The highest BCUT2D eigenvalue weighted by Gasteiger charge is 2.33. The maximum Gasteiger partial charge on any atom is 0.254 e. The Morgan fingerprint density at radius 1 is 1.00 bits per heavy atom. The van der Waals surface area contributed by atoms with Crippen LogP contribution in [0.5, 0.6) is 5.75 Å². The molecule has 0 aliphatic carbocycles. The van der Waals surface area contributed by atoms with E-state index in [0.29, 0.717) is 24.4 Å². The first-order valence-electron chi connectivity index (χ1n) is 12.9. The quantitative estimate of drug-likeness (QED) is 0.412. The van der Waals surface area contributed by atoms with Crippen molar-refractivity contribution < 1.29 is 18.7 Å². The van der Waals surface area contributed by atoms with Gasteiger partial charge in [0.05, 0.1) is 6.04 Å². The summed E-state index contributed by atoms with van der Waals surface area (Å²) in [7, 11) is 0. The molecule has 0 spiro atoms. The Labute approximate surface area is 221 Å². The number of carbonyl (C=O) groups excluding carboxylic acids is 2. The lowest BCUT2D eigenvalue weighted by Crippen LogP contribution is -2.49. The van der Waals surface area contributed by atoms with E-state index < -0.39 is 0 Å². The normalized spacial score (nSPS) is 17.4. The lowest BCUT2D eigenvalue weighted by molar-refractivity contribution is -0.135. The van der Waals surface area contributed by atoms with Gasteiger partial charge in [0.1, 0.15) is 24.7 Å². The van der Waals surface area contributed by atoms with Crippen LogP contribution in [0, 0.1) is 5.82 Å². The molecule has 2 aliphatic rings. The van der Waals surface area contributed by atoms with Crippen molar-refractivity contribution in [2.45, 2.75) is 25.3 Å². The summed E-state index contributed by atoms with van der Waals surface area (Å²) in [5.74, 6) is 0.0254. The lowest BCUT2D eigenvalue weighted by atomic mass is 10.0. The molecule has 8 heteroatoms. The van der Waals surface area contributed by atoms with Gasteiger partial charge in [0.2, 0.25) is 5.91 Å². The number of benzene rings is 2. The summed E-state index contributed by atoms with van der Waals surface area (Å²) in [6.07, 6.45) is 3.14. The minimum absolute atomic E-state index is 0.0219. The highest BCUT2D eigenvalue weighted by atomic mass is 32.1. The van der Waals surface area contributed by atoms with Crippen LogP contribution in [0.15, 0.2) is 66.0 Å². The van der Waals surface area contributed by atoms with E-state index in [9.17, 15) is 14.0 Å². The predicted octanol–water partition coefficient (Wildman–Crippen LogP) is 4.63. The van der Waals surface area contributed by atoms with Gasteiger partial charge in [-0.1, -0.05) is 18.2 Å². The average Bonchev–Trinajstić information content (AvgIpc) is 3.63. The van der Waals surface area contributed by atoms with E-state index in [1.807, 2.05) is 28.5 Å². The first kappa shape index (κ1) is 25.4. The molecule has 2 aromatic carbocycles. The number of rotatable bonds is 9. The van der Waals surface area contributed by atoms with Crippen LogP contribution in [-0.2, 0) is 11.2 Å². The molecule has 3 heterocycles. The van der Waals surface area contributed by atoms with E-state index in [-0.39, 0.29) is 36.8 Å². The van der Waals surface area contributed by atoms with E-state index in [4.69, 9.17) is 4.74 Å². The Morgan fingerprint density at radius 3 is 2.51 bits per heavy atom. The molecule has 1 unspecified atom stereocenters. The molecule has 2 amide bonds. The van der Waals surface area contributed by atoms with Crippen LogP contribution >= 0.6 is 11.3 Å². The third-order valence-corrected chi connectivity index (χ3v) is 8.15. The van der Waals surface area contributed by atoms with Gasteiger partial charge in [-0.05, 0) is 85.8 Å². The smallest absolute Gasteiger partial charge is 0.254 e. The molecule has 37 heavy (non-hydrogen) atoms. The molecule has 1 saturated heterocycles. The van der Waals surface area contributed by atoms with E-state index in [0.717, 1.165) is 31.6 Å². The van der Waals surface area contributed by atoms with Gasteiger partial charge < -0.3 is 19.4 Å². The number of carbonyl (C=O) groups is 2. The van der Waals surface area contributed by atoms with Gasteiger partial charge in [0.15, 0.2) is 0 Å². The number of halogens is 1. The summed E-state index contributed by atoms with van der Waals surface area (Å²) in [6.45, 7) is 4.21. The van der Waals surface area contributed by atoms with Gasteiger partial charge in [0.25, 0.3) is 5.91 Å². The number of ether oxygens (including phenoxy) is 1. The lowest BCUT2D eigenvalue weighted by Gasteiger charge is -2.37. The number of nitrogens with zero attached hydrogens (tertiary/aromatic N) is 3. The number of hydrogen-bond donors (Lipinski definition) is 0. The second-order valence-corrected chi connectivity index (χ2v) is 10.6. The molecular formula is C29H32FN3O3S. The summed E-state index contributed by atoms with van der Waals surface area (Å²) in [4.78, 5) is 34.3. The standard InChI is InChI=1S/C29H32FN3O3S/c30-23-8-10-24(11-9-23)36-21-26-25-13-19-37-27(25)12-16-33(26)28(34)20-32(18-17-31-14-4-5-15-31)29(35)22-6-2-1-3-7-22/h1-3,6-11,13,19,26H,4-5,12,14-18,20-21H2. The number of thiophene rings is 1. The summed E-state index contributed by atoms with van der Waals surface area (Å²) in [5.41, 5.74) is 1.68. The Hall–Kier alpha value is -3.23. The largest absolute Gasteiger partial charge is 0.491 e. The van der Waals surface area contributed by atoms with Gasteiger partial charge in [0, 0.05) is 30.1 Å². The fourth-order valence-electron chi connectivity index (χ4n) is 5.12. The molecule has 1 aromatic heterocycles. The molecule has 0 radical (unpaired) electrons. The van der Waals surface area contributed by atoms with Crippen molar-refractivity contribution in [3.05, 3.63) is 87.9 Å². The Balaban J connectivity index is 1.32. The summed E-state index contributed by atoms with van der Waals surface area (Å²) in [6, 6.07) is 16.9. The van der Waals surface area contributed by atoms with Gasteiger partial charge >= 0.3 is 0 Å². The van der Waals surface area contributed by atoms with E-state index >= 15 is 0 Å². The van der Waals surface area contributed by atoms with Crippen LogP contribution in [0.25, 0.3) is 0 Å². The van der Waals surface area contributed by atoms with Crippen LogP contribution in [0.1, 0.15) is 39.7 Å². The second-order valence-electron chi connectivity index (χ2n) is 9.56. The third kappa shape index (κ3) is 6.19. The topological polar surface area (TPSA) is 53.1 Å². The minimum atomic E-state index is -0.320. The molecule has 1 atom stereocenters. The molecule has 5 rings (SSSR count). The highest BCUT2D eigenvalue weighted by Crippen LogP contribution is 2.34. The number of likely N-dealkylation sites (tertiary alicyclic amines) is 1. The molecule has 0 N–H and O–H groups in total. The van der Waals surface area contributed by atoms with Crippen molar-refractivity contribution in [2.24, 2.45) is 0 Å². The number of hydrogen-bond acceptors (Lipinski definition) is 5. The monoisotopic (exact) mass is 521 g/mol. The fraction of sp³-hybridized carbons (Fsp3) is 0.379. The fourth-order valence-corrected chi connectivity index (χ4v) is 6.05. The van der Waals surface area contributed by atoms with Gasteiger partial charge in [-0.15, -0.1) is 11.3 Å². The van der Waals surface area contributed by atoms with Crippen molar-refractivity contribution in [3.8, 4) is 5.75 Å². The van der Waals surface area contributed by atoms with Gasteiger partial charge in [-0.3, -0.25) is 9.59 Å². The van der Waals surface area contributed by atoms with Crippen LogP contribution in [0.2, 0.25) is 0 Å². The summed E-state index contributed by atoms with van der Waals surface area (Å²) in [5, 5.41) is 2.05. The summed E-state index contributed by atoms with van der Waals surface area (Å²) >= 11 is 1.69. The SMILES string of the molecule is O=C(c1ccccc1)N(CCN1CCCC1)CC(=O)N1CCc2sccc2C1COc1ccc(F)cc1. The maximum absolute atomic E-state index is 13.8. The van der Waals surface area contributed by atoms with Crippen LogP contribution < -0.4 is 4.74 Å². The van der Waals surface area contributed by atoms with Crippen molar-refractivity contribution in [2.75, 3.05) is 45.9 Å². The van der Waals surface area contributed by atoms with Crippen LogP contribution in [-0.4, -0.2) is 72.4 Å². The van der Waals surface area contributed by atoms with Crippen molar-refractivity contribution in [1.82, 2.24) is 14.7 Å². The van der Waals surface area contributed by atoms with Gasteiger partial charge in [-0.25, -0.2) is 4.39 Å². The maximum atomic E-state index is 13.8. The summed E-state index contributed by atoms with van der Waals surface area (Å²) < 4.78 is 19.3. The molecule has 6 nitrogen and oxygen atoms in total. The average molecular weight is 522 g/mol. The molecule has 194 valence electrons. The zero-order valence-corrected chi connectivity index (χ0v) is 21.7. The zero-order chi connectivity index (χ0) is 25.6. The Morgan fingerprint density at radius 2 is 1.76 bits per heavy atom. The molecular weight excluding hydrogens is 489 g/mol. The first-order chi connectivity index (χ1) is 18.1. The molecule has 2 aliphatic heterocycles. The second kappa shape index (κ2) is 11.9. The van der Waals surface area contributed by atoms with Crippen LogP contribution in [0.4, 0.5) is 4.39 Å². The van der Waals surface area contributed by atoms with Gasteiger partial charge in [-0.2, -0.15) is 0 Å².